The van der Waals surface area contributed by atoms with Gasteiger partial charge in [-0.15, -0.1) is 0 Å². The van der Waals surface area contributed by atoms with Crippen molar-refractivity contribution in [3.63, 3.8) is 0 Å². The molecule has 0 aliphatic carbocycles. The third-order valence-electron chi connectivity index (χ3n) is 9.47. The first-order valence-electron chi connectivity index (χ1n) is 18.0. The summed E-state index contributed by atoms with van der Waals surface area (Å²) in [6.45, 7) is 2.61. The van der Waals surface area contributed by atoms with Gasteiger partial charge in [-0.25, -0.2) is 31.5 Å². The van der Waals surface area contributed by atoms with E-state index in [-0.39, 0.29) is 74.9 Å². The molecule has 2 aliphatic heterocycles. The zero-order valence-corrected chi connectivity index (χ0v) is 33.4. The summed E-state index contributed by atoms with van der Waals surface area (Å²) in [6.07, 6.45) is 6.74. The maximum atomic E-state index is 14.5. The molecular weight excluding hydrogens is 783 g/mol. The van der Waals surface area contributed by atoms with Crippen molar-refractivity contribution in [1.82, 2.24) is 29.6 Å². The molecule has 0 radical (unpaired) electrons. The number of methoxy groups -OCH3 is 4. The monoisotopic (exact) mass is 828 g/mol. The SMILES string of the molecule is COc1cc(F)c(C(=O)c2cnc(NC3CCN(S(C)(=O)=O)CC3)nc2N)c(OC)c1.COc1cc(F)c(C(=O)c2cnc(NC3CCNCC3)nc2N)c(OC)c1. The van der Waals surface area contributed by atoms with E-state index in [1.54, 1.807) is 0 Å². The Labute approximate surface area is 334 Å². The molecule has 2 aromatic heterocycles. The number of rotatable bonds is 13. The van der Waals surface area contributed by atoms with Crippen LogP contribution in [0.15, 0.2) is 36.7 Å². The van der Waals surface area contributed by atoms with E-state index in [9.17, 15) is 26.8 Å². The minimum absolute atomic E-state index is 0.00101. The lowest BCUT2D eigenvalue weighted by Crippen LogP contribution is -2.42. The minimum Gasteiger partial charge on any atom is -0.497 e. The number of ketones is 2. The number of hydrogen-bond donors (Lipinski definition) is 5. The van der Waals surface area contributed by atoms with E-state index in [1.165, 1.54) is 63.5 Å². The summed E-state index contributed by atoms with van der Waals surface area (Å²) in [7, 11) is 2.21. The summed E-state index contributed by atoms with van der Waals surface area (Å²) in [5.74, 6) is -2.06. The first kappa shape index (κ1) is 43.2. The fourth-order valence-electron chi connectivity index (χ4n) is 6.33. The predicted octanol–water partition coefficient (Wildman–Crippen LogP) is 2.89. The summed E-state index contributed by atoms with van der Waals surface area (Å²) in [4.78, 5) is 42.3. The molecule has 0 spiro atoms. The molecule has 0 amide bonds. The van der Waals surface area contributed by atoms with Gasteiger partial charge < -0.3 is 46.4 Å². The number of carbonyl (C=O) groups is 2. The predicted molar refractivity (Wildman–Crippen MR) is 211 cm³/mol. The number of sulfonamides is 1. The van der Waals surface area contributed by atoms with E-state index in [0.717, 1.165) is 38.1 Å². The zero-order chi connectivity index (χ0) is 42.1. The molecule has 0 bridgehead atoms. The minimum atomic E-state index is -3.22. The van der Waals surface area contributed by atoms with Gasteiger partial charge >= 0.3 is 0 Å². The topological polar surface area (TPSA) is 248 Å². The third-order valence-corrected chi connectivity index (χ3v) is 10.8. The molecule has 21 heteroatoms. The molecule has 312 valence electrons. The molecule has 2 aromatic carbocycles. The van der Waals surface area contributed by atoms with Crippen molar-refractivity contribution in [2.75, 3.05) is 83.0 Å². The van der Waals surface area contributed by atoms with Crippen molar-refractivity contribution in [3.05, 3.63) is 70.5 Å². The second kappa shape index (κ2) is 19.0. The Bertz CT molecular complexity index is 2240. The highest BCUT2D eigenvalue weighted by Gasteiger charge is 2.28. The van der Waals surface area contributed by atoms with E-state index in [1.807, 2.05) is 0 Å². The molecule has 7 N–H and O–H groups in total. The Kier molecular flexibility index (Phi) is 14.2. The lowest BCUT2D eigenvalue weighted by molar-refractivity contribution is 0.102. The van der Waals surface area contributed by atoms with Gasteiger partial charge in [-0.1, -0.05) is 0 Å². The van der Waals surface area contributed by atoms with Gasteiger partial charge in [-0.2, -0.15) is 9.97 Å². The van der Waals surface area contributed by atoms with Gasteiger partial charge in [0.1, 0.15) is 57.4 Å². The molecule has 18 nitrogen and oxygen atoms in total. The van der Waals surface area contributed by atoms with Crippen molar-refractivity contribution < 1.29 is 45.7 Å². The van der Waals surface area contributed by atoms with Gasteiger partial charge in [0.2, 0.25) is 33.5 Å². The van der Waals surface area contributed by atoms with E-state index >= 15 is 0 Å². The molecule has 58 heavy (non-hydrogen) atoms. The van der Waals surface area contributed by atoms with Gasteiger partial charge in [0, 0.05) is 61.8 Å². The lowest BCUT2D eigenvalue weighted by atomic mass is 10.0. The van der Waals surface area contributed by atoms with Crippen LogP contribution < -0.4 is 46.4 Å². The third kappa shape index (κ3) is 10.3. The molecule has 4 aromatic rings. The number of aromatic nitrogens is 4. The molecule has 2 aliphatic rings. The van der Waals surface area contributed by atoms with Gasteiger partial charge in [0.05, 0.1) is 45.8 Å². The summed E-state index contributed by atoms with van der Waals surface area (Å²) >= 11 is 0. The number of carbonyl (C=O) groups excluding carboxylic acids is 2. The van der Waals surface area contributed by atoms with Crippen LogP contribution in [-0.4, -0.2) is 117 Å². The highest BCUT2D eigenvalue weighted by Crippen LogP contribution is 2.32. The first-order valence-corrected chi connectivity index (χ1v) is 19.9. The molecule has 6 rings (SSSR count). The van der Waals surface area contributed by atoms with Crippen LogP contribution in [0.25, 0.3) is 0 Å². The normalized spacial score (nSPS) is 15.1. The van der Waals surface area contributed by atoms with Crippen molar-refractivity contribution in [1.29, 1.82) is 0 Å². The summed E-state index contributed by atoms with van der Waals surface area (Å²) < 4.78 is 73.9. The van der Waals surface area contributed by atoms with Gasteiger partial charge in [0.15, 0.2) is 0 Å². The lowest BCUT2D eigenvalue weighted by Gasteiger charge is -2.30. The molecule has 0 atom stereocenters. The van der Waals surface area contributed by atoms with E-state index in [4.69, 9.17) is 30.4 Å². The maximum Gasteiger partial charge on any atom is 0.224 e. The van der Waals surface area contributed by atoms with Crippen molar-refractivity contribution in [2.45, 2.75) is 37.8 Å². The van der Waals surface area contributed by atoms with Crippen LogP contribution >= 0.6 is 0 Å². The number of anilines is 4. The first-order chi connectivity index (χ1) is 27.7. The standard InChI is InChI=1S/C19H24FN5O5S.C18H22FN5O3/c1-29-12-8-14(20)16(15(9-12)30-2)17(26)13-10-22-19(24-18(13)21)23-11-4-6-25(7-5-11)31(3,27)28;1-26-11-7-13(19)15(14(8-11)27-2)16(25)12-9-22-18(24-17(12)20)23-10-3-5-21-6-4-10/h8-11H,4-7H2,1-3H3,(H3,21,22,23,24);7-10,21H,3-6H2,1-2H3,(H3,20,22,23,24). The Hall–Kier alpha value is -5.93. The van der Waals surface area contributed by atoms with Crippen LogP contribution in [0.4, 0.5) is 32.3 Å². The van der Waals surface area contributed by atoms with Gasteiger partial charge in [-0.05, 0) is 38.8 Å². The average molecular weight is 829 g/mol. The van der Waals surface area contributed by atoms with E-state index in [0.29, 0.717) is 31.9 Å². The summed E-state index contributed by atoms with van der Waals surface area (Å²) in [5, 5.41) is 9.58. The number of nitrogen functional groups attached to an aromatic ring is 2. The fourth-order valence-corrected chi connectivity index (χ4v) is 7.20. The van der Waals surface area contributed by atoms with Crippen molar-refractivity contribution in [2.24, 2.45) is 0 Å². The second-order valence-electron chi connectivity index (χ2n) is 13.3. The van der Waals surface area contributed by atoms with E-state index < -0.39 is 33.2 Å². The Balaban J connectivity index is 0.000000223. The number of halogens is 2. The number of piperidine rings is 2. The summed E-state index contributed by atoms with van der Waals surface area (Å²) in [6, 6.07) is 5.21. The number of nitrogens with two attached hydrogens (primary N) is 2. The van der Waals surface area contributed by atoms with Crippen LogP contribution in [-0.2, 0) is 10.0 Å². The van der Waals surface area contributed by atoms with Gasteiger partial charge in [-0.3, -0.25) is 9.59 Å². The zero-order valence-electron chi connectivity index (χ0n) is 32.6. The number of nitrogens with one attached hydrogen (secondary N) is 3. The van der Waals surface area contributed by atoms with Crippen LogP contribution in [0.1, 0.15) is 57.5 Å². The number of benzene rings is 2. The van der Waals surface area contributed by atoms with Crippen molar-refractivity contribution in [3.8, 4) is 23.0 Å². The average Bonchev–Trinajstić information content (AvgIpc) is 3.20. The molecule has 2 saturated heterocycles. The summed E-state index contributed by atoms with van der Waals surface area (Å²) in [5.41, 5.74) is 11.3. The van der Waals surface area contributed by atoms with Crippen LogP contribution in [0.5, 0.6) is 23.0 Å². The number of hydrogen-bond acceptors (Lipinski definition) is 17. The molecule has 2 fully saturated rings. The Morgan fingerprint density at radius 3 is 1.50 bits per heavy atom. The van der Waals surface area contributed by atoms with Crippen LogP contribution in [0.2, 0.25) is 0 Å². The quantitative estimate of drug-likeness (QED) is 0.122. The van der Waals surface area contributed by atoms with Crippen LogP contribution in [0, 0.1) is 11.6 Å². The Morgan fingerprint density at radius 2 is 1.14 bits per heavy atom. The molecule has 0 saturated carbocycles. The fraction of sp³-hybridized carbons (Fsp3) is 0.405. The van der Waals surface area contributed by atoms with Crippen LogP contribution in [0.3, 0.4) is 0 Å². The molecule has 0 unspecified atom stereocenters. The second-order valence-corrected chi connectivity index (χ2v) is 15.2. The largest absolute Gasteiger partial charge is 0.497 e. The van der Waals surface area contributed by atoms with E-state index in [2.05, 4.69) is 35.9 Å². The smallest absolute Gasteiger partial charge is 0.224 e. The van der Waals surface area contributed by atoms with Gasteiger partial charge in [0.25, 0.3) is 0 Å². The highest BCUT2D eigenvalue weighted by molar-refractivity contribution is 7.88. The molecular formula is C37H46F2N10O8S. The molecule has 4 heterocycles. The maximum absolute atomic E-state index is 14.5. The Morgan fingerprint density at radius 1 is 0.724 bits per heavy atom. The number of nitrogens with zero attached hydrogens (tertiary/aromatic N) is 5. The number of ether oxygens (including phenoxy) is 4. The van der Waals surface area contributed by atoms with Crippen molar-refractivity contribution >= 4 is 45.1 Å². The highest BCUT2D eigenvalue weighted by atomic mass is 32.2.